The van der Waals surface area contributed by atoms with E-state index in [0.29, 0.717) is 19.1 Å². The van der Waals surface area contributed by atoms with Crippen molar-refractivity contribution in [3.8, 4) is 0 Å². The van der Waals surface area contributed by atoms with Gasteiger partial charge in [-0.2, -0.15) is 0 Å². The van der Waals surface area contributed by atoms with Crippen molar-refractivity contribution in [2.45, 2.75) is 33.5 Å². The van der Waals surface area contributed by atoms with E-state index in [2.05, 4.69) is 75.0 Å². The summed E-state index contributed by atoms with van der Waals surface area (Å²) in [6, 6.07) is 20.7. The van der Waals surface area contributed by atoms with Gasteiger partial charge in [0.15, 0.2) is 0 Å². The first kappa shape index (κ1) is 18.9. The molecule has 1 aliphatic carbocycles. The van der Waals surface area contributed by atoms with Crippen molar-refractivity contribution in [3.63, 3.8) is 0 Å². The van der Waals surface area contributed by atoms with Gasteiger partial charge in [-0.25, -0.2) is 0 Å². The summed E-state index contributed by atoms with van der Waals surface area (Å²) in [6.07, 6.45) is 3.20. The Labute approximate surface area is 157 Å². The second-order valence-electron chi connectivity index (χ2n) is 7.98. The summed E-state index contributed by atoms with van der Waals surface area (Å²) in [6.45, 7) is 11.5. The fourth-order valence-electron chi connectivity index (χ4n) is 4.03. The quantitative estimate of drug-likeness (QED) is 0.545. The zero-order chi connectivity index (χ0) is 18.5. The highest BCUT2D eigenvalue weighted by atomic mass is 16.5. The fraction of sp³-hybridized carbons (Fsp3) is 0.417. The predicted octanol–water partition coefficient (Wildman–Crippen LogP) is 5.64. The summed E-state index contributed by atoms with van der Waals surface area (Å²) >= 11 is 0. The Morgan fingerprint density at radius 2 is 1.38 bits per heavy atom. The van der Waals surface area contributed by atoms with Gasteiger partial charge < -0.3 is 9.47 Å². The van der Waals surface area contributed by atoms with Gasteiger partial charge in [0.1, 0.15) is 0 Å². The van der Waals surface area contributed by atoms with Crippen LogP contribution in [0.2, 0.25) is 0 Å². The van der Waals surface area contributed by atoms with Gasteiger partial charge in [-0.15, -0.1) is 6.58 Å². The molecule has 3 atom stereocenters. The molecule has 0 radical (unpaired) electrons. The summed E-state index contributed by atoms with van der Waals surface area (Å²) < 4.78 is 12.2. The van der Waals surface area contributed by atoms with Gasteiger partial charge in [0.2, 0.25) is 0 Å². The maximum Gasteiger partial charge on any atom is 0.0717 e. The maximum atomic E-state index is 6.12. The number of allylic oxidation sites excluding steroid dienone is 1. The Hall–Kier alpha value is -1.90. The van der Waals surface area contributed by atoms with E-state index in [1.165, 1.54) is 11.1 Å². The van der Waals surface area contributed by atoms with Crippen LogP contribution in [-0.2, 0) is 22.7 Å². The monoisotopic (exact) mass is 350 g/mol. The molecule has 1 fully saturated rings. The average molecular weight is 351 g/mol. The van der Waals surface area contributed by atoms with E-state index in [4.69, 9.17) is 9.47 Å². The fourth-order valence-corrected chi connectivity index (χ4v) is 4.03. The Morgan fingerprint density at radius 1 is 0.885 bits per heavy atom. The highest BCUT2D eigenvalue weighted by molar-refractivity contribution is 5.16. The minimum absolute atomic E-state index is 0.0558. The molecule has 2 aromatic carbocycles. The van der Waals surface area contributed by atoms with Crippen molar-refractivity contribution < 1.29 is 9.47 Å². The second-order valence-corrected chi connectivity index (χ2v) is 7.98. The van der Waals surface area contributed by atoms with Crippen LogP contribution in [0.5, 0.6) is 0 Å². The lowest BCUT2D eigenvalue weighted by molar-refractivity contribution is -0.179. The van der Waals surface area contributed by atoms with Crippen molar-refractivity contribution in [1.29, 1.82) is 0 Å². The number of ether oxygens (including phenoxy) is 2. The first-order chi connectivity index (χ1) is 12.6. The average Bonchev–Trinajstić information content (AvgIpc) is 2.67. The van der Waals surface area contributed by atoms with Gasteiger partial charge in [-0.3, -0.25) is 0 Å². The maximum absolute atomic E-state index is 6.12. The van der Waals surface area contributed by atoms with Crippen LogP contribution in [0.3, 0.4) is 0 Å². The largest absolute Gasteiger partial charge is 0.376 e. The van der Waals surface area contributed by atoms with E-state index in [1.807, 2.05) is 12.1 Å². The smallest absolute Gasteiger partial charge is 0.0717 e. The summed E-state index contributed by atoms with van der Waals surface area (Å²) in [5, 5.41) is 0. The first-order valence-electron chi connectivity index (χ1n) is 9.43. The van der Waals surface area contributed by atoms with Crippen LogP contribution in [0.25, 0.3) is 0 Å². The Morgan fingerprint density at radius 3 is 1.88 bits per heavy atom. The van der Waals surface area contributed by atoms with Gasteiger partial charge >= 0.3 is 0 Å². The van der Waals surface area contributed by atoms with Crippen molar-refractivity contribution in [1.82, 2.24) is 0 Å². The Bertz CT molecular complexity index is 697. The molecule has 2 nitrogen and oxygen atoms in total. The zero-order valence-electron chi connectivity index (χ0n) is 16.0. The molecule has 2 aromatic rings. The molecule has 2 heteroatoms. The molecule has 0 N–H and O–H groups in total. The van der Waals surface area contributed by atoms with E-state index >= 15 is 0 Å². The lowest BCUT2D eigenvalue weighted by atomic mass is 9.45. The third-order valence-electron chi connectivity index (χ3n) is 6.20. The molecule has 1 aliphatic rings. The molecule has 0 saturated heterocycles. The van der Waals surface area contributed by atoms with Crippen LogP contribution in [0, 0.1) is 16.7 Å². The van der Waals surface area contributed by atoms with Crippen LogP contribution >= 0.6 is 0 Å². The van der Waals surface area contributed by atoms with Gasteiger partial charge in [-0.1, -0.05) is 80.6 Å². The van der Waals surface area contributed by atoms with Crippen molar-refractivity contribution >= 4 is 0 Å². The minimum atomic E-state index is 0.0558. The van der Waals surface area contributed by atoms with Crippen LogP contribution in [0.4, 0.5) is 0 Å². The van der Waals surface area contributed by atoms with Gasteiger partial charge in [-0.05, 0) is 28.9 Å². The third-order valence-corrected chi connectivity index (χ3v) is 6.20. The second kappa shape index (κ2) is 8.20. The zero-order valence-corrected chi connectivity index (χ0v) is 16.0. The molecule has 0 spiro atoms. The van der Waals surface area contributed by atoms with Gasteiger partial charge in [0, 0.05) is 5.41 Å². The van der Waals surface area contributed by atoms with Crippen LogP contribution < -0.4 is 0 Å². The van der Waals surface area contributed by atoms with E-state index in [1.54, 1.807) is 0 Å². The molecular weight excluding hydrogens is 320 g/mol. The molecule has 0 aliphatic heterocycles. The lowest BCUT2D eigenvalue weighted by Crippen LogP contribution is -2.59. The molecule has 0 aromatic heterocycles. The highest BCUT2D eigenvalue weighted by Gasteiger charge is 2.58. The topological polar surface area (TPSA) is 18.5 Å². The standard InChI is InChI=1S/C24H30O2/c1-4-22-15-23(2,18-25-16-20-11-7-5-8-12-20)24(22,3)19-26-17-21-13-9-6-10-14-21/h4-14,22H,1,15-19H2,2-3H3/t22-,23-,24-/m1/s1. The molecule has 0 bridgehead atoms. The van der Waals surface area contributed by atoms with Crippen molar-refractivity contribution in [3.05, 3.63) is 84.4 Å². The third kappa shape index (κ3) is 3.92. The number of rotatable bonds is 9. The molecule has 0 unspecified atom stereocenters. The van der Waals surface area contributed by atoms with Crippen LogP contribution in [0.1, 0.15) is 31.4 Å². The summed E-state index contributed by atoms with van der Waals surface area (Å²) in [5.41, 5.74) is 2.60. The molecule has 0 heterocycles. The van der Waals surface area contributed by atoms with E-state index < -0.39 is 0 Å². The molecule has 1 saturated carbocycles. The SMILES string of the molecule is C=C[C@@H]1C[C@](C)(COCc2ccccc2)[C@]1(C)COCc1ccccc1. The summed E-state index contributed by atoms with van der Waals surface area (Å²) in [5.74, 6) is 0.476. The lowest BCUT2D eigenvalue weighted by Gasteiger charge is -2.61. The first-order valence-corrected chi connectivity index (χ1v) is 9.43. The molecule has 138 valence electrons. The summed E-state index contributed by atoms with van der Waals surface area (Å²) in [4.78, 5) is 0. The number of benzene rings is 2. The normalized spacial score (nSPS) is 27.7. The van der Waals surface area contributed by atoms with Gasteiger partial charge in [0.25, 0.3) is 0 Å². The molecule has 3 rings (SSSR count). The van der Waals surface area contributed by atoms with Crippen LogP contribution in [-0.4, -0.2) is 13.2 Å². The summed E-state index contributed by atoms with van der Waals surface area (Å²) in [7, 11) is 0. The van der Waals surface area contributed by atoms with Crippen molar-refractivity contribution in [2.24, 2.45) is 16.7 Å². The molecular formula is C24H30O2. The van der Waals surface area contributed by atoms with Gasteiger partial charge in [0.05, 0.1) is 26.4 Å². The van der Waals surface area contributed by atoms with E-state index in [-0.39, 0.29) is 10.8 Å². The van der Waals surface area contributed by atoms with Crippen LogP contribution in [0.15, 0.2) is 73.3 Å². The van der Waals surface area contributed by atoms with E-state index in [9.17, 15) is 0 Å². The minimum Gasteiger partial charge on any atom is -0.376 e. The van der Waals surface area contributed by atoms with Crippen molar-refractivity contribution in [2.75, 3.05) is 13.2 Å². The number of hydrogen-bond acceptors (Lipinski definition) is 2. The highest BCUT2D eigenvalue weighted by Crippen LogP contribution is 2.61. The number of hydrogen-bond donors (Lipinski definition) is 0. The molecule has 0 amide bonds. The molecule has 26 heavy (non-hydrogen) atoms. The van der Waals surface area contributed by atoms with E-state index in [0.717, 1.165) is 19.6 Å². The Balaban J connectivity index is 1.56. The predicted molar refractivity (Wildman–Crippen MR) is 107 cm³/mol. The Kier molecular flexibility index (Phi) is 5.95.